The third-order valence-electron chi connectivity index (χ3n) is 2.62. The molecule has 108 valence electrons. The summed E-state index contributed by atoms with van der Waals surface area (Å²) in [6, 6.07) is 6.25. The van der Waals surface area contributed by atoms with Crippen LogP contribution in [-0.4, -0.2) is 41.9 Å². The van der Waals surface area contributed by atoms with Crippen LogP contribution in [0.5, 0.6) is 5.75 Å². The van der Waals surface area contributed by atoms with Crippen LogP contribution < -0.4 is 16.2 Å². The fourth-order valence-corrected chi connectivity index (χ4v) is 1.46. The molecule has 1 aromatic carbocycles. The molecule has 0 bridgehead atoms. The molecule has 0 aliphatic carbocycles. The van der Waals surface area contributed by atoms with E-state index in [2.05, 4.69) is 0 Å². The second-order valence-electron chi connectivity index (χ2n) is 4.21. The Hall–Kier alpha value is -2.15. The standard InChI is InChI=1S/C13H17N3O3S/c1-16(7-6-11(14)20)12(17)8-19-10-4-2-9(3-5-10)13(15)18/h2-5H,6-8H2,1H3,(H2,14,20)(H2,15,18). The first-order chi connectivity index (χ1) is 9.40. The molecule has 0 aromatic heterocycles. The zero-order valence-corrected chi connectivity index (χ0v) is 12.0. The maximum atomic E-state index is 11.7. The maximum absolute atomic E-state index is 11.7. The number of primary amides is 1. The first-order valence-corrected chi connectivity index (χ1v) is 6.36. The molecule has 20 heavy (non-hydrogen) atoms. The Balaban J connectivity index is 2.44. The number of likely N-dealkylation sites (N-methyl/N-ethyl adjacent to an activating group) is 1. The molecule has 0 atom stereocenters. The Labute approximate surface area is 122 Å². The van der Waals surface area contributed by atoms with Gasteiger partial charge in [-0.1, -0.05) is 12.2 Å². The summed E-state index contributed by atoms with van der Waals surface area (Å²) in [7, 11) is 1.65. The van der Waals surface area contributed by atoms with E-state index in [1.165, 1.54) is 4.90 Å². The van der Waals surface area contributed by atoms with Gasteiger partial charge in [0.1, 0.15) is 5.75 Å². The highest BCUT2D eigenvalue weighted by Crippen LogP contribution is 2.11. The Morgan fingerprint density at radius 1 is 1.25 bits per heavy atom. The van der Waals surface area contributed by atoms with E-state index in [1.807, 2.05) is 0 Å². The van der Waals surface area contributed by atoms with E-state index in [1.54, 1.807) is 31.3 Å². The van der Waals surface area contributed by atoms with E-state index < -0.39 is 5.91 Å². The van der Waals surface area contributed by atoms with Gasteiger partial charge in [0, 0.05) is 25.6 Å². The zero-order valence-electron chi connectivity index (χ0n) is 11.2. The summed E-state index contributed by atoms with van der Waals surface area (Å²) in [6.07, 6.45) is 0.477. The zero-order chi connectivity index (χ0) is 15.1. The van der Waals surface area contributed by atoms with E-state index in [0.29, 0.717) is 29.3 Å². The Bertz CT molecular complexity index is 502. The third kappa shape index (κ3) is 5.23. The summed E-state index contributed by atoms with van der Waals surface area (Å²) >= 11 is 4.75. The first kappa shape index (κ1) is 15.9. The summed E-state index contributed by atoms with van der Waals surface area (Å²) < 4.78 is 5.32. The summed E-state index contributed by atoms with van der Waals surface area (Å²) in [5, 5.41) is 0. The Kier molecular flexibility index (Phi) is 5.92. The van der Waals surface area contributed by atoms with E-state index in [-0.39, 0.29) is 12.5 Å². The van der Waals surface area contributed by atoms with Crippen LogP contribution in [0.4, 0.5) is 0 Å². The topological polar surface area (TPSA) is 98.7 Å². The molecule has 1 rings (SSSR count). The average Bonchev–Trinajstić information content (AvgIpc) is 2.42. The fraction of sp³-hybridized carbons (Fsp3) is 0.308. The van der Waals surface area contributed by atoms with E-state index in [4.69, 9.17) is 28.4 Å². The highest BCUT2D eigenvalue weighted by Gasteiger charge is 2.10. The van der Waals surface area contributed by atoms with Gasteiger partial charge >= 0.3 is 0 Å². The molecule has 0 radical (unpaired) electrons. The highest BCUT2D eigenvalue weighted by atomic mass is 32.1. The smallest absolute Gasteiger partial charge is 0.260 e. The molecule has 2 amide bonds. The van der Waals surface area contributed by atoms with Gasteiger partial charge < -0.3 is 21.1 Å². The molecule has 0 aliphatic rings. The van der Waals surface area contributed by atoms with Gasteiger partial charge in [0.15, 0.2) is 6.61 Å². The SMILES string of the molecule is CN(CCC(N)=S)C(=O)COc1ccc(C(N)=O)cc1. The predicted molar refractivity (Wildman–Crippen MR) is 79.5 cm³/mol. The molecular formula is C13H17N3O3S. The number of carbonyl (C=O) groups excluding carboxylic acids is 2. The van der Waals surface area contributed by atoms with Crippen LogP contribution in [0.1, 0.15) is 16.8 Å². The van der Waals surface area contributed by atoms with Crippen molar-refractivity contribution < 1.29 is 14.3 Å². The number of benzene rings is 1. The number of ether oxygens (including phenoxy) is 1. The molecule has 0 saturated heterocycles. The molecule has 6 nitrogen and oxygen atoms in total. The van der Waals surface area contributed by atoms with Crippen molar-refractivity contribution in [1.29, 1.82) is 0 Å². The molecule has 7 heteroatoms. The largest absolute Gasteiger partial charge is 0.484 e. The predicted octanol–water partition coefficient (Wildman–Crippen LogP) is 0.299. The number of hydrogen-bond donors (Lipinski definition) is 2. The first-order valence-electron chi connectivity index (χ1n) is 5.95. The summed E-state index contributed by atoms with van der Waals surface area (Å²) in [4.78, 5) is 24.5. The van der Waals surface area contributed by atoms with Crippen LogP contribution in [0.25, 0.3) is 0 Å². The van der Waals surface area contributed by atoms with Crippen molar-refractivity contribution >= 4 is 29.0 Å². The lowest BCUT2D eigenvalue weighted by atomic mass is 10.2. The van der Waals surface area contributed by atoms with Crippen molar-refractivity contribution in [3.05, 3.63) is 29.8 Å². The van der Waals surface area contributed by atoms with Gasteiger partial charge in [-0.05, 0) is 24.3 Å². The van der Waals surface area contributed by atoms with Gasteiger partial charge in [0.25, 0.3) is 5.91 Å². The Morgan fingerprint density at radius 2 is 1.85 bits per heavy atom. The average molecular weight is 295 g/mol. The molecule has 1 aromatic rings. The summed E-state index contributed by atoms with van der Waals surface area (Å²) in [5.74, 6) is -0.198. The summed E-state index contributed by atoms with van der Waals surface area (Å²) in [6.45, 7) is 0.363. The van der Waals surface area contributed by atoms with Gasteiger partial charge in [-0.25, -0.2) is 0 Å². The maximum Gasteiger partial charge on any atom is 0.260 e. The van der Waals surface area contributed by atoms with Crippen LogP contribution in [0, 0.1) is 0 Å². The number of amides is 2. The van der Waals surface area contributed by atoms with E-state index in [0.717, 1.165) is 0 Å². The number of thiocarbonyl (C=S) groups is 1. The van der Waals surface area contributed by atoms with E-state index in [9.17, 15) is 9.59 Å². The molecule has 0 heterocycles. The van der Waals surface area contributed by atoms with Crippen LogP contribution >= 0.6 is 12.2 Å². The lowest BCUT2D eigenvalue weighted by molar-refractivity contribution is -0.131. The van der Waals surface area contributed by atoms with Crippen LogP contribution in [0.3, 0.4) is 0 Å². The monoisotopic (exact) mass is 295 g/mol. The third-order valence-corrected chi connectivity index (χ3v) is 2.82. The molecule has 0 aliphatic heterocycles. The Morgan fingerprint density at radius 3 is 2.35 bits per heavy atom. The van der Waals surface area contributed by atoms with Crippen LogP contribution in [0.2, 0.25) is 0 Å². The number of rotatable bonds is 7. The molecule has 0 spiro atoms. The summed E-state index contributed by atoms with van der Waals surface area (Å²) in [5.41, 5.74) is 10.9. The lowest BCUT2D eigenvalue weighted by Crippen LogP contribution is -2.33. The minimum absolute atomic E-state index is 0.0935. The minimum atomic E-state index is -0.509. The number of hydrogen-bond acceptors (Lipinski definition) is 4. The lowest BCUT2D eigenvalue weighted by Gasteiger charge is -2.17. The van der Waals surface area contributed by atoms with Gasteiger partial charge in [0.05, 0.1) is 4.99 Å². The number of nitrogens with zero attached hydrogens (tertiary/aromatic N) is 1. The molecule has 0 fully saturated rings. The van der Waals surface area contributed by atoms with Crippen LogP contribution in [0.15, 0.2) is 24.3 Å². The highest BCUT2D eigenvalue weighted by molar-refractivity contribution is 7.80. The van der Waals surface area contributed by atoms with Gasteiger partial charge in [0.2, 0.25) is 5.91 Å². The van der Waals surface area contributed by atoms with Crippen molar-refractivity contribution in [1.82, 2.24) is 4.90 Å². The van der Waals surface area contributed by atoms with E-state index >= 15 is 0 Å². The molecule has 0 unspecified atom stereocenters. The minimum Gasteiger partial charge on any atom is -0.484 e. The fourth-order valence-electron chi connectivity index (χ4n) is 1.37. The number of carbonyl (C=O) groups is 2. The van der Waals surface area contributed by atoms with Gasteiger partial charge in [-0.15, -0.1) is 0 Å². The van der Waals surface area contributed by atoms with Crippen molar-refractivity contribution in [3.63, 3.8) is 0 Å². The molecule has 0 saturated carbocycles. The van der Waals surface area contributed by atoms with Crippen molar-refractivity contribution in [3.8, 4) is 5.75 Å². The van der Waals surface area contributed by atoms with Crippen molar-refractivity contribution in [2.24, 2.45) is 11.5 Å². The van der Waals surface area contributed by atoms with Crippen molar-refractivity contribution in [2.45, 2.75) is 6.42 Å². The number of nitrogens with two attached hydrogens (primary N) is 2. The van der Waals surface area contributed by atoms with Crippen LogP contribution in [-0.2, 0) is 4.79 Å². The second-order valence-corrected chi connectivity index (χ2v) is 4.73. The van der Waals surface area contributed by atoms with Crippen molar-refractivity contribution in [2.75, 3.05) is 20.2 Å². The second kappa shape index (κ2) is 7.44. The molecular weight excluding hydrogens is 278 g/mol. The quantitative estimate of drug-likeness (QED) is 0.705. The molecule has 4 N–H and O–H groups in total. The van der Waals surface area contributed by atoms with Gasteiger partial charge in [-0.3, -0.25) is 9.59 Å². The normalized spacial score (nSPS) is 9.85. The van der Waals surface area contributed by atoms with Gasteiger partial charge in [-0.2, -0.15) is 0 Å².